The first-order valence-corrected chi connectivity index (χ1v) is 6.11. The molecule has 3 N–H and O–H groups in total. The van der Waals surface area contributed by atoms with Crippen molar-refractivity contribution >= 4 is 0 Å². The fourth-order valence-electron chi connectivity index (χ4n) is 1.33. The molecule has 0 aliphatic heterocycles. The van der Waals surface area contributed by atoms with Crippen molar-refractivity contribution in [1.29, 1.82) is 0 Å². The van der Waals surface area contributed by atoms with Gasteiger partial charge in [-0.1, -0.05) is 0 Å². The SMILES string of the molecule is CCOCC(C)OCCCCC(C)(N)CO. The van der Waals surface area contributed by atoms with E-state index in [2.05, 4.69) is 0 Å². The van der Waals surface area contributed by atoms with Crippen LogP contribution in [0.25, 0.3) is 0 Å². The van der Waals surface area contributed by atoms with E-state index in [9.17, 15) is 0 Å². The fourth-order valence-corrected chi connectivity index (χ4v) is 1.33. The zero-order valence-corrected chi connectivity index (χ0v) is 10.9. The Labute approximate surface area is 99.1 Å². The van der Waals surface area contributed by atoms with Gasteiger partial charge in [0.1, 0.15) is 0 Å². The molecule has 0 bridgehead atoms. The number of rotatable bonds is 10. The summed E-state index contributed by atoms with van der Waals surface area (Å²) in [5, 5.41) is 8.96. The molecule has 4 heteroatoms. The second-order valence-electron chi connectivity index (χ2n) is 4.61. The van der Waals surface area contributed by atoms with Gasteiger partial charge in [0, 0.05) is 18.8 Å². The van der Waals surface area contributed by atoms with Crippen molar-refractivity contribution in [3.63, 3.8) is 0 Å². The molecule has 4 nitrogen and oxygen atoms in total. The van der Waals surface area contributed by atoms with Gasteiger partial charge in [-0.2, -0.15) is 0 Å². The molecule has 0 spiro atoms. The van der Waals surface area contributed by atoms with E-state index in [4.69, 9.17) is 20.3 Å². The zero-order chi connectivity index (χ0) is 12.4. The summed E-state index contributed by atoms with van der Waals surface area (Å²) in [6, 6.07) is 0. The summed E-state index contributed by atoms with van der Waals surface area (Å²) in [6.07, 6.45) is 2.94. The average molecular weight is 233 g/mol. The van der Waals surface area contributed by atoms with Crippen LogP contribution in [0.5, 0.6) is 0 Å². The van der Waals surface area contributed by atoms with E-state index in [1.54, 1.807) is 0 Å². The van der Waals surface area contributed by atoms with E-state index in [0.717, 1.165) is 32.5 Å². The summed E-state index contributed by atoms with van der Waals surface area (Å²) in [7, 11) is 0. The van der Waals surface area contributed by atoms with Crippen LogP contribution in [0.4, 0.5) is 0 Å². The predicted octanol–water partition coefficient (Wildman–Crippen LogP) is 1.31. The van der Waals surface area contributed by atoms with Crippen LogP contribution in [-0.4, -0.2) is 43.2 Å². The lowest BCUT2D eigenvalue weighted by Gasteiger charge is -2.21. The van der Waals surface area contributed by atoms with Crippen molar-refractivity contribution in [3.05, 3.63) is 0 Å². The Morgan fingerprint density at radius 1 is 1.38 bits per heavy atom. The molecular formula is C12H27NO3. The Balaban J connectivity index is 3.33. The largest absolute Gasteiger partial charge is 0.394 e. The molecule has 98 valence electrons. The standard InChI is InChI=1S/C12H27NO3/c1-4-15-9-11(2)16-8-6-5-7-12(3,13)10-14/h11,14H,4-10,13H2,1-3H3. The van der Waals surface area contributed by atoms with Crippen LogP contribution < -0.4 is 5.73 Å². The first-order chi connectivity index (χ1) is 7.52. The highest BCUT2D eigenvalue weighted by molar-refractivity contribution is 4.76. The molecule has 0 aromatic rings. The van der Waals surface area contributed by atoms with Crippen molar-refractivity contribution in [1.82, 2.24) is 0 Å². The maximum Gasteiger partial charge on any atom is 0.0780 e. The van der Waals surface area contributed by atoms with Crippen LogP contribution in [0.3, 0.4) is 0 Å². The predicted molar refractivity (Wildman–Crippen MR) is 65.4 cm³/mol. The molecule has 0 amide bonds. The van der Waals surface area contributed by atoms with Gasteiger partial charge in [0.25, 0.3) is 0 Å². The second kappa shape index (κ2) is 8.93. The summed E-state index contributed by atoms with van der Waals surface area (Å²) >= 11 is 0. The van der Waals surface area contributed by atoms with Crippen molar-refractivity contribution in [2.24, 2.45) is 5.73 Å². The van der Waals surface area contributed by atoms with Crippen LogP contribution in [0, 0.1) is 0 Å². The summed E-state index contributed by atoms with van der Waals surface area (Å²) < 4.78 is 10.8. The van der Waals surface area contributed by atoms with Crippen LogP contribution in [0.1, 0.15) is 40.0 Å². The molecule has 0 aliphatic rings. The maximum atomic E-state index is 8.96. The van der Waals surface area contributed by atoms with Crippen molar-refractivity contribution in [2.45, 2.75) is 51.7 Å². The number of nitrogens with two attached hydrogens (primary N) is 1. The highest BCUT2D eigenvalue weighted by Crippen LogP contribution is 2.09. The van der Waals surface area contributed by atoms with Crippen LogP contribution in [0.2, 0.25) is 0 Å². The minimum absolute atomic E-state index is 0.0363. The van der Waals surface area contributed by atoms with Crippen molar-refractivity contribution in [2.75, 3.05) is 26.4 Å². The Morgan fingerprint density at radius 2 is 2.06 bits per heavy atom. The number of aliphatic hydroxyl groups excluding tert-OH is 1. The average Bonchev–Trinajstić information content (AvgIpc) is 2.25. The highest BCUT2D eigenvalue weighted by atomic mass is 16.5. The van der Waals surface area contributed by atoms with Crippen molar-refractivity contribution < 1.29 is 14.6 Å². The van der Waals surface area contributed by atoms with Gasteiger partial charge in [0.2, 0.25) is 0 Å². The van der Waals surface area contributed by atoms with Gasteiger partial charge in [-0.05, 0) is 40.0 Å². The Kier molecular flexibility index (Phi) is 8.84. The molecule has 0 radical (unpaired) electrons. The van der Waals surface area contributed by atoms with Gasteiger partial charge in [-0.3, -0.25) is 0 Å². The van der Waals surface area contributed by atoms with Gasteiger partial charge in [-0.25, -0.2) is 0 Å². The number of hydrogen-bond donors (Lipinski definition) is 2. The van der Waals surface area contributed by atoms with Crippen LogP contribution in [-0.2, 0) is 9.47 Å². The monoisotopic (exact) mass is 233 g/mol. The maximum absolute atomic E-state index is 8.96. The smallest absolute Gasteiger partial charge is 0.0780 e. The number of hydrogen-bond acceptors (Lipinski definition) is 4. The Bertz CT molecular complexity index is 162. The molecule has 2 atom stereocenters. The van der Waals surface area contributed by atoms with E-state index in [1.807, 2.05) is 20.8 Å². The van der Waals surface area contributed by atoms with Crippen LogP contribution >= 0.6 is 0 Å². The number of unbranched alkanes of at least 4 members (excludes halogenated alkanes) is 1. The summed E-state index contributed by atoms with van der Waals surface area (Å²) in [5.41, 5.74) is 5.37. The molecule has 0 aromatic heterocycles. The quantitative estimate of drug-likeness (QED) is 0.558. The highest BCUT2D eigenvalue weighted by Gasteiger charge is 2.15. The van der Waals surface area contributed by atoms with E-state index in [0.29, 0.717) is 6.61 Å². The van der Waals surface area contributed by atoms with E-state index in [-0.39, 0.29) is 12.7 Å². The number of ether oxygens (including phenoxy) is 2. The van der Waals surface area contributed by atoms with E-state index >= 15 is 0 Å². The third-order valence-corrected chi connectivity index (χ3v) is 2.46. The Morgan fingerprint density at radius 3 is 2.62 bits per heavy atom. The molecule has 0 saturated carbocycles. The second-order valence-corrected chi connectivity index (χ2v) is 4.61. The minimum atomic E-state index is -0.447. The first kappa shape index (κ1) is 15.8. The van der Waals surface area contributed by atoms with Gasteiger partial charge in [0.15, 0.2) is 0 Å². The zero-order valence-electron chi connectivity index (χ0n) is 10.9. The number of aliphatic hydroxyl groups is 1. The molecule has 16 heavy (non-hydrogen) atoms. The minimum Gasteiger partial charge on any atom is -0.394 e. The van der Waals surface area contributed by atoms with E-state index in [1.165, 1.54) is 0 Å². The summed E-state index contributed by atoms with van der Waals surface area (Å²) in [5.74, 6) is 0. The molecule has 0 heterocycles. The lowest BCUT2D eigenvalue weighted by Crippen LogP contribution is -2.40. The van der Waals surface area contributed by atoms with Gasteiger partial charge in [0.05, 0.1) is 19.3 Å². The third kappa shape index (κ3) is 9.09. The first-order valence-electron chi connectivity index (χ1n) is 6.11. The fraction of sp³-hybridized carbons (Fsp3) is 1.00. The molecule has 0 aromatic carbocycles. The molecule has 0 rings (SSSR count). The van der Waals surface area contributed by atoms with Crippen LogP contribution in [0.15, 0.2) is 0 Å². The third-order valence-electron chi connectivity index (χ3n) is 2.46. The molecule has 0 fully saturated rings. The van der Waals surface area contributed by atoms with Gasteiger partial charge >= 0.3 is 0 Å². The van der Waals surface area contributed by atoms with Gasteiger partial charge in [-0.15, -0.1) is 0 Å². The summed E-state index contributed by atoms with van der Waals surface area (Å²) in [6.45, 7) is 8.01. The summed E-state index contributed by atoms with van der Waals surface area (Å²) in [4.78, 5) is 0. The topological polar surface area (TPSA) is 64.7 Å². The normalized spacial score (nSPS) is 17.1. The lowest BCUT2D eigenvalue weighted by atomic mass is 9.97. The Hall–Kier alpha value is -0.160. The van der Waals surface area contributed by atoms with Crippen molar-refractivity contribution in [3.8, 4) is 0 Å². The molecular weight excluding hydrogens is 206 g/mol. The van der Waals surface area contributed by atoms with Gasteiger partial charge < -0.3 is 20.3 Å². The molecule has 2 unspecified atom stereocenters. The lowest BCUT2D eigenvalue weighted by molar-refractivity contribution is -0.00498. The van der Waals surface area contributed by atoms with E-state index < -0.39 is 5.54 Å². The molecule has 0 saturated heterocycles. The molecule has 0 aliphatic carbocycles.